The molecule has 0 spiro atoms. The first-order valence-electron chi connectivity index (χ1n) is 8.80. The van der Waals surface area contributed by atoms with E-state index < -0.39 is 11.5 Å². The number of aryl methyl sites for hydroxylation is 1. The molecule has 8 nitrogen and oxygen atoms in total. The zero-order valence-electron chi connectivity index (χ0n) is 15.5. The van der Waals surface area contributed by atoms with E-state index in [0.717, 1.165) is 11.1 Å². The van der Waals surface area contributed by atoms with Gasteiger partial charge in [0.05, 0.1) is 27.0 Å². The van der Waals surface area contributed by atoms with Crippen LogP contribution in [0.15, 0.2) is 45.5 Å². The number of rotatable bonds is 6. The van der Waals surface area contributed by atoms with E-state index in [9.17, 15) is 9.90 Å². The predicted octanol–water partition coefficient (Wildman–Crippen LogP) is 2.52. The van der Waals surface area contributed by atoms with E-state index in [2.05, 4.69) is 10.5 Å². The predicted molar refractivity (Wildman–Crippen MR) is 98.3 cm³/mol. The van der Waals surface area contributed by atoms with Gasteiger partial charge in [-0.25, -0.2) is 0 Å². The Bertz CT molecular complexity index is 994. The Labute approximate surface area is 161 Å². The largest absolute Gasteiger partial charge is 0.493 e. The van der Waals surface area contributed by atoms with Crippen molar-refractivity contribution in [2.45, 2.75) is 18.4 Å². The van der Waals surface area contributed by atoms with Crippen molar-refractivity contribution in [3.8, 4) is 23.0 Å². The first-order chi connectivity index (χ1) is 13.5. The fourth-order valence-electron chi connectivity index (χ4n) is 3.46. The van der Waals surface area contributed by atoms with Gasteiger partial charge in [0, 0.05) is 6.07 Å². The van der Waals surface area contributed by atoms with Crippen LogP contribution in [0.25, 0.3) is 11.5 Å². The lowest BCUT2D eigenvalue weighted by atomic mass is 9.95. The maximum absolute atomic E-state index is 12.4. The van der Waals surface area contributed by atoms with Crippen molar-refractivity contribution in [3.63, 3.8) is 0 Å². The van der Waals surface area contributed by atoms with Crippen LogP contribution in [-0.4, -0.2) is 36.9 Å². The normalized spacial score (nSPS) is 18.0. The molecule has 0 saturated carbocycles. The smallest absolute Gasteiger partial charge is 0.273 e. The Morgan fingerprint density at radius 3 is 2.75 bits per heavy atom. The molecular formula is C20H20N2O6. The summed E-state index contributed by atoms with van der Waals surface area (Å²) in [5.41, 5.74) is 0.608. The molecule has 1 aromatic carbocycles. The minimum absolute atomic E-state index is 0.0390. The van der Waals surface area contributed by atoms with Crippen molar-refractivity contribution in [1.82, 2.24) is 10.5 Å². The Balaban J connectivity index is 1.49. The zero-order valence-corrected chi connectivity index (χ0v) is 15.5. The summed E-state index contributed by atoms with van der Waals surface area (Å²) < 4.78 is 21.0. The third-order valence-electron chi connectivity index (χ3n) is 4.97. The average Bonchev–Trinajstić information content (AvgIpc) is 3.45. The van der Waals surface area contributed by atoms with Crippen LogP contribution in [-0.2, 0) is 12.0 Å². The molecule has 28 heavy (non-hydrogen) atoms. The summed E-state index contributed by atoms with van der Waals surface area (Å²) in [6, 6.07) is 8.55. The van der Waals surface area contributed by atoms with Crippen LogP contribution in [0.3, 0.4) is 0 Å². The maximum atomic E-state index is 12.4. The van der Waals surface area contributed by atoms with Crippen molar-refractivity contribution < 1.29 is 28.3 Å². The number of amides is 1. The van der Waals surface area contributed by atoms with Crippen molar-refractivity contribution in [2.24, 2.45) is 0 Å². The molecule has 8 heteroatoms. The lowest BCUT2D eigenvalue weighted by Crippen LogP contribution is -2.39. The van der Waals surface area contributed by atoms with Crippen LogP contribution in [0.2, 0.25) is 0 Å². The molecule has 1 unspecified atom stereocenters. The van der Waals surface area contributed by atoms with Gasteiger partial charge < -0.3 is 28.8 Å². The molecular weight excluding hydrogens is 364 g/mol. The molecule has 1 aliphatic rings. The van der Waals surface area contributed by atoms with Crippen LogP contribution >= 0.6 is 0 Å². The molecule has 146 valence electrons. The zero-order chi connectivity index (χ0) is 19.7. The summed E-state index contributed by atoms with van der Waals surface area (Å²) in [5, 5.41) is 17.6. The molecule has 3 aromatic rings. The number of aliphatic hydroxyl groups is 1. The number of furan rings is 1. The van der Waals surface area contributed by atoms with Gasteiger partial charge in [-0.05, 0) is 48.2 Å². The molecule has 2 heterocycles. The highest BCUT2D eigenvalue weighted by Gasteiger charge is 2.38. The summed E-state index contributed by atoms with van der Waals surface area (Å²) in [7, 11) is 3.11. The lowest BCUT2D eigenvalue weighted by Gasteiger charge is -2.25. The Morgan fingerprint density at radius 2 is 2.04 bits per heavy atom. The lowest BCUT2D eigenvalue weighted by molar-refractivity contribution is 0.0366. The molecule has 2 aromatic heterocycles. The van der Waals surface area contributed by atoms with Crippen LogP contribution in [0.5, 0.6) is 11.5 Å². The summed E-state index contributed by atoms with van der Waals surface area (Å²) in [6.07, 6.45) is 2.66. The van der Waals surface area contributed by atoms with Crippen LogP contribution in [0, 0.1) is 0 Å². The maximum Gasteiger partial charge on any atom is 0.273 e. The van der Waals surface area contributed by atoms with Crippen molar-refractivity contribution >= 4 is 5.91 Å². The average molecular weight is 384 g/mol. The second-order valence-electron chi connectivity index (χ2n) is 6.63. The highest BCUT2D eigenvalue weighted by Crippen LogP contribution is 2.42. The van der Waals surface area contributed by atoms with Crippen molar-refractivity contribution in [1.29, 1.82) is 0 Å². The van der Waals surface area contributed by atoms with E-state index in [-0.39, 0.29) is 12.2 Å². The van der Waals surface area contributed by atoms with Gasteiger partial charge >= 0.3 is 0 Å². The quantitative estimate of drug-likeness (QED) is 0.672. The van der Waals surface area contributed by atoms with E-state index in [1.165, 1.54) is 12.3 Å². The fraction of sp³-hybridized carbons (Fsp3) is 0.300. The first kappa shape index (κ1) is 18.1. The first-order valence-corrected chi connectivity index (χ1v) is 8.80. The number of hydrogen-bond acceptors (Lipinski definition) is 7. The van der Waals surface area contributed by atoms with Crippen LogP contribution < -0.4 is 14.8 Å². The number of benzene rings is 1. The number of nitrogens with one attached hydrogen (secondary N) is 1. The van der Waals surface area contributed by atoms with Crippen LogP contribution in [0.1, 0.15) is 28.0 Å². The highest BCUT2D eigenvalue weighted by molar-refractivity contribution is 5.93. The number of carbonyl (C=O) groups excluding carboxylic acids is 1. The van der Waals surface area contributed by atoms with Gasteiger partial charge in [-0.2, -0.15) is 0 Å². The van der Waals surface area contributed by atoms with Gasteiger partial charge in [0.2, 0.25) is 5.76 Å². The van der Waals surface area contributed by atoms with E-state index in [0.29, 0.717) is 35.9 Å². The molecule has 4 rings (SSSR count). The number of hydrogen-bond donors (Lipinski definition) is 2. The molecule has 2 N–H and O–H groups in total. The molecule has 0 aliphatic heterocycles. The molecule has 1 amide bonds. The summed E-state index contributed by atoms with van der Waals surface area (Å²) in [4.78, 5) is 12.4. The molecule has 1 aliphatic carbocycles. The van der Waals surface area contributed by atoms with Gasteiger partial charge in [0.1, 0.15) is 5.60 Å². The topological polar surface area (TPSA) is 107 Å². The SMILES string of the molecule is COc1cc2c(cc1OC)C(O)(CNC(=O)c1cc(-c3ccco3)on1)CC2. The Morgan fingerprint density at radius 1 is 1.25 bits per heavy atom. The number of nitrogens with zero attached hydrogens (tertiary/aromatic N) is 1. The number of methoxy groups -OCH3 is 2. The Hall–Kier alpha value is -3.26. The third kappa shape index (κ3) is 3.11. The van der Waals surface area contributed by atoms with Gasteiger partial charge in [0.25, 0.3) is 5.91 Å². The number of fused-ring (bicyclic) bond motifs is 1. The van der Waals surface area contributed by atoms with Crippen molar-refractivity contribution in [2.75, 3.05) is 20.8 Å². The van der Waals surface area contributed by atoms with E-state index in [1.807, 2.05) is 6.07 Å². The van der Waals surface area contributed by atoms with Gasteiger partial charge in [-0.3, -0.25) is 4.79 Å². The van der Waals surface area contributed by atoms with Gasteiger partial charge in [-0.1, -0.05) is 5.16 Å². The third-order valence-corrected chi connectivity index (χ3v) is 4.97. The molecule has 0 radical (unpaired) electrons. The second kappa shape index (κ2) is 7.05. The van der Waals surface area contributed by atoms with Crippen molar-refractivity contribution in [3.05, 3.63) is 53.4 Å². The molecule has 0 fully saturated rings. The number of ether oxygens (including phenoxy) is 2. The van der Waals surface area contributed by atoms with Gasteiger partial charge in [0.15, 0.2) is 23.0 Å². The van der Waals surface area contributed by atoms with Gasteiger partial charge in [-0.15, -0.1) is 0 Å². The monoisotopic (exact) mass is 384 g/mol. The summed E-state index contributed by atoms with van der Waals surface area (Å²) in [6.45, 7) is 0.0390. The standard InChI is InChI=1S/C20H20N2O6/c1-25-16-8-12-5-6-20(24,13(12)9-17(16)26-2)11-21-19(23)14-10-18(28-22-14)15-4-3-7-27-15/h3-4,7-10,24H,5-6,11H2,1-2H3,(H,21,23). The molecule has 0 saturated heterocycles. The Kier molecular flexibility index (Phi) is 4.56. The summed E-state index contributed by atoms with van der Waals surface area (Å²) >= 11 is 0. The van der Waals surface area contributed by atoms with Crippen LogP contribution in [0.4, 0.5) is 0 Å². The molecule has 0 bridgehead atoms. The van der Waals surface area contributed by atoms with E-state index in [4.69, 9.17) is 18.4 Å². The molecule has 1 atom stereocenters. The summed E-state index contributed by atoms with van der Waals surface area (Å²) in [5.74, 6) is 1.55. The van der Waals surface area contributed by atoms with E-state index in [1.54, 1.807) is 32.4 Å². The minimum Gasteiger partial charge on any atom is -0.493 e. The fourth-order valence-corrected chi connectivity index (χ4v) is 3.46. The minimum atomic E-state index is -1.20. The second-order valence-corrected chi connectivity index (χ2v) is 6.63. The van der Waals surface area contributed by atoms with E-state index >= 15 is 0 Å². The number of carbonyl (C=O) groups is 1. The number of aromatic nitrogens is 1. The highest BCUT2D eigenvalue weighted by atomic mass is 16.5.